The van der Waals surface area contributed by atoms with Crippen LogP contribution in [0.15, 0.2) is 53.6 Å². The average Bonchev–Trinajstić information content (AvgIpc) is 2.60. The van der Waals surface area contributed by atoms with E-state index in [2.05, 4.69) is 75.5 Å². The van der Waals surface area contributed by atoms with Gasteiger partial charge in [-0.1, -0.05) is 82.0 Å². The van der Waals surface area contributed by atoms with Crippen LogP contribution in [0.3, 0.4) is 0 Å². The molecule has 0 aliphatic carbocycles. The fourth-order valence-electron chi connectivity index (χ4n) is 4.63. The average molecular weight is 350 g/mol. The van der Waals surface area contributed by atoms with Gasteiger partial charge in [0.05, 0.1) is 0 Å². The molecule has 0 saturated heterocycles. The lowest BCUT2D eigenvalue weighted by atomic mass is 9.72. The summed E-state index contributed by atoms with van der Waals surface area (Å²) in [5, 5.41) is 3.74. The van der Waals surface area contributed by atoms with Crippen molar-refractivity contribution in [2.75, 3.05) is 6.54 Å². The maximum atomic E-state index is 3.74. The van der Waals surface area contributed by atoms with Crippen molar-refractivity contribution in [2.24, 2.45) is 11.8 Å². The lowest BCUT2D eigenvalue weighted by Gasteiger charge is -2.35. The molecular formula is C25H35N. The zero-order valence-electron chi connectivity index (χ0n) is 17.0. The molecule has 1 aromatic rings. The molecule has 2 atom stereocenters. The highest BCUT2D eigenvalue weighted by molar-refractivity contribution is 5.70. The first kappa shape index (κ1) is 19.0. The third-order valence-electron chi connectivity index (χ3n) is 5.92. The molecule has 3 rings (SSSR count). The van der Waals surface area contributed by atoms with Crippen molar-refractivity contribution in [3.63, 3.8) is 0 Å². The highest BCUT2D eigenvalue weighted by Crippen LogP contribution is 2.42. The van der Waals surface area contributed by atoms with Gasteiger partial charge in [-0.3, -0.25) is 0 Å². The number of hydrogen-bond donors (Lipinski definition) is 1. The fourth-order valence-corrected chi connectivity index (χ4v) is 4.63. The van der Waals surface area contributed by atoms with Crippen LogP contribution in [0.25, 0.3) is 5.70 Å². The first-order chi connectivity index (χ1) is 12.6. The molecule has 1 heteroatoms. The van der Waals surface area contributed by atoms with Crippen LogP contribution in [0.4, 0.5) is 0 Å². The molecule has 1 aromatic carbocycles. The van der Waals surface area contributed by atoms with E-state index in [1.165, 1.54) is 48.9 Å². The summed E-state index contributed by atoms with van der Waals surface area (Å²) < 4.78 is 0. The summed E-state index contributed by atoms with van der Waals surface area (Å²) in [6.07, 6.45) is 13.5. The molecule has 0 fully saturated rings. The van der Waals surface area contributed by atoms with E-state index in [1.54, 1.807) is 11.1 Å². The van der Waals surface area contributed by atoms with E-state index >= 15 is 0 Å². The van der Waals surface area contributed by atoms with E-state index < -0.39 is 0 Å². The zero-order chi connectivity index (χ0) is 18.5. The van der Waals surface area contributed by atoms with Crippen molar-refractivity contribution in [1.82, 2.24) is 5.32 Å². The second-order valence-electron chi connectivity index (χ2n) is 8.48. The van der Waals surface area contributed by atoms with Crippen molar-refractivity contribution >= 4 is 5.70 Å². The standard InChI is InChI=1S/C25H35N/c1-5-9-22-21(13-8-10-18(2)3)20-16-19(4)14-15-25(26-17-20)24-12-7-6-11-23(22)24/h6-7,11-12,14-16,18,21-22,26H,5,8-10,13,17H2,1-4H3/b19-14-,20-16+,25-15-. The van der Waals surface area contributed by atoms with Crippen LogP contribution in [0.2, 0.25) is 0 Å². The largest absolute Gasteiger partial charge is 0.381 e. The van der Waals surface area contributed by atoms with Gasteiger partial charge in [0.2, 0.25) is 0 Å². The summed E-state index contributed by atoms with van der Waals surface area (Å²) in [6.45, 7) is 10.3. The summed E-state index contributed by atoms with van der Waals surface area (Å²) in [6, 6.07) is 9.09. The number of rotatable bonds is 6. The molecule has 2 heterocycles. The number of allylic oxidation sites excluding steroid dienone is 4. The first-order valence-electron chi connectivity index (χ1n) is 10.5. The molecule has 26 heavy (non-hydrogen) atoms. The molecule has 0 saturated carbocycles. The van der Waals surface area contributed by atoms with Crippen molar-refractivity contribution in [2.45, 2.75) is 65.7 Å². The highest BCUT2D eigenvalue weighted by Gasteiger charge is 2.30. The Hall–Kier alpha value is -1.76. The number of nitrogens with one attached hydrogen (secondary N) is 1. The lowest BCUT2D eigenvalue weighted by molar-refractivity contribution is 0.387. The van der Waals surface area contributed by atoms with Crippen molar-refractivity contribution in [1.29, 1.82) is 0 Å². The van der Waals surface area contributed by atoms with Crippen LogP contribution in [-0.2, 0) is 0 Å². The Balaban J connectivity index is 2.07. The minimum atomic E-state index is 0.631. The normalized spacial score (nSPS) is 28.3. The monoisotopic (exact) mass is 349 g/mol. The molecule has 2 bridgehead atoms. The maximum Gasteiger partial charge on any atom is 0.0419 e. The molecule has 1 nitrogen and oxygen atoms in total. The van der Waals surface area contributed by atoms with E-state index in [0.29, 0.717) is 11.8 Å². The number of hydrogen-bond acceptors (Lipinski definition) is 1. The molecule has 0 spiro atoms. The fraction of sp³-hybridized carbons (Fsp3) is 0.520. The molecular weight excluding hydrogens is 314 g/mol. The van der Waals surface area contributed by atoms with E-state index in [0.717, 1.165) is 12.5 Å². The van der Waals surface area contributed by atoms with Crippen LogP contribution >= 0.6 is 0 Å². The van der Waals surface area contributed by atoms with Gasteiger partial charge in [0.25, 0.3) is 0 Å². The van der Waals surface area contributed by atoms with Crippen molar-refractivity contribution < 1.29 is 0 Å². The quantitative estimate of drug-likeness (QED) is 0.592. The molecule has 1 N–H and O–H groups in total. The molecule has 0 radical (unpaired) electrons. The van der Waals surface area contributed by atoms with E-state index in [1.807, 2.05) is 0 Å². The summed E-state index contributed by atoms with van der Waals surface area (Å²) in [5.41, 5.74) is 7.21. The van der Waals surface area contributed by atoms with E-state index in [4.69, 9.17) is 0 Å². The summed E-state index contributed by atoms with van der Waals surface area (Å²) in [4.78, 5) is 0. The van der Waals surface area contributed by atoms with Gasteiger partial charge in [0, 0.05) is 17.8 Å². The second-order valence-corrected chi connectivity index (χ2v) is 8.48. The maximum absolute atomic E-state index is 3.74. The Labute approximate surface area is 160 Å². The molecule has 2 aliphatic rings. The lowest BCUT2D eigenvalue weighted by Crippen LogP contribution is -2.29. The molecule has 0 aromatic heterocycles. The Morgan fingerprint density at radius 3 is 2.65 bits per heavy atom. The minimum absolute atomic E-state index is 0.631. The van der Waals surface area contributed by atoms with E-state index in [9.17, 15) is 0 Å². The van der Waals surface area contributed by atoms with Crippen molar-refractivity contribution in [3.8, 4) is 0 Å². The summed E-state index contributed by atoms with van der Waals surface area (Å²) >= 11 is 0. The molecule has 140 valence electrons. The Kier molecular flexibility index (Phi) is 6.40. The topological polar surface area (TPSA) is 12.0 Å². The smallest absolute Gasteiger partial charge is 0.0419 e. The van der Waals surface area contributed by atoms with Gasteiger partial charge in [0.1, 0.15) is 0 Å². The predicted octanol–water partition coefficient (Wildman–Crippen LogP) is 6.84. The molecule has 2 aliphatic heterocycles. The Morgan fingerprint density at radius 1 is 1.08 bits per heavy atom. The van der Waals surface area contributed by atoms with Crippen LogP contribution < -0.4 is 5.32 Å². The third kappa shape index (κ3) is 4.31. The number of benzene rings is 1. The third-order valence-corrected chi connectivity index (χ3v) is 5.92. The molecule has 2 unspecified atom stereocenters. The van der Waals surface area contributed by atoms with Gasteiger partial charge >= 0.3 is 0 Å². The highest BCUT2D eigenvalue weighted by atomic mass is 14.9. The summed E-state index contributed by atoms with van der Waals surface area (Å²) in [5.74, 6) is 2.07. The van der Waals surface area contributed by atoms with Crippen LogP contribution in [0.1, 0.15) is 76.8 Å². The second kappa shape index (κ2) is 8.75. The Bertz CT molecular complexity index is 705. The SMILES string of the molecule is CCCC1c2ccccc2/C2=C/C=C(C)\C=C(/CN2)C1CCCC(C)C. The summed E-state index contributed by atoms with van der Waals surface area (Å²) in [7, 11) is 0. The molecule has 0 amide bonds. The van der Waals surface area contributed by atoms with Gasteiger partial charge < -0.3 is 5.32 Å². The minimum Gasteiger partial charge on any atom is -0.381 e. The van der Waals surface area contributed by atoms with Crippen molar-refractivity contribution in [3.05, 3.63) is 64.8 Å². The van der Waals surface area contributed by atoms with Crippen LogP contribution in [-0.4, -0.2) is 6.54 Å². The predicted molar refractivity (Wildman–Crippen MR) is 114 cm³/mol. The number of fused-ring (bicyclic) bond motifs is 5. The van der Waals surface area contributed by atoms with Gasteiger partial charge in [0.15, 0.2) is 0 Å². The van der Waals surface area contributed by atoms with Gasteiger partial charge in [-0.25, -0.2) is 0 Å². The van der Waals surface area contributed by atoms with E-state index in [-0.39, 0.29) is 0 Å². The van der Waals surface area contributed by atoms with Crippen LogP contribution in [0, 0.1) is 11.8 Å². The van der Waals surface area contributed by atoms with Crippen LogP contribution in [0.5, 0.6) is 0 Å². The Morgan fingerprint density at radius 2 is 1.88 bits per heavy atom. The van der Waals surface area contributed by atoms with Gasteiger partial charge in [-0.15, -0.1) is 0 Å². The zero-order valence-corrected chi connectivity index (χ0v) is 17.0. The van der Waals surface area contributed by atoms with Gasteiger partial charge in [-0.05, 0) is 54.7 Å². The first-order valence-corrected chi connectivity index (χ1v) is 10.5. The van der Waals surface area contributed by atoms with Gasteiger partial charge in [-0.2, -0.15) is 0 Å².